The first-order valence-electron chi connectivity index (χ1n) is 15.0. The Morgan fingerprint density at radius 3 is 2.43 bits per heavy atom. The van der Waals surface area contributed by atoms with E-state index in [2.05, 4.69) is 49.1 Å². The molecule has 0 amide bonds. The highest BCUT2D eigenvalue weighted by Gasteiger charge is 2.37. The van der Waals surface area contributed by atoms with E-state index in [-0.39, 0.29) is 22.9 Å². The number of anilines is 2. The highest BCUT2D eigenvalue weighted by atomic mass is 28.4. The lowest BCUT2D eigenvalue weighted by molar-refractivity contribution is 0.203. The number of nitrogens with one attached hydrogen (secondary N) is 1. The van der Waals surface area contributed by atoms with E-state index in [9.17, 15) is 8.78 Å². The zero-order valence-corrected chi connectivity index (χ0v) is 27.2. The standard InChI is InChI=1S/C32H40F2N6O3Si/c1-7-41-22-17-25(33)24(26(34)18-22)20-40-27-10-8-9-23(27)29(39-40)31-36-19-28(30(38-31)37-21-11-13-35-14-12-21)42-15-16-43-44(5,6)32(2,3)4/h11-14,17-19H,7-10,15-16,20H2,1-6H3,(H,35,36,37,38). The Hall–Kier alpha value is -3.90. The summed E-state index contributed by atoms with van der Waals surface area (Å²) in [6.07, 6.45) is 7.44. The fourth-order valence-corrected chi connectivity index (χ4v) is 5.89. The molecule has 234 valence electrons. The number of hydrogen-bond donors (Lipinski definition) is 1. The first-order valence-corrected chi connectivity index (χ1v) is 17.9. The average Bonchev–Trinajstić information content (AvgIpc) is 3.58. The molecule has 12 heteroatoms. The largest absolute Gasteiger partial charge is 0.494 e. The lowest BCUT2D eigenvalue weighted by Crippen LogP contribution is -2.41. The summed E-state index contributed by atoms with van der Waals surface area (Å²) >= 11 is 0. The van der Waals surface area contributed by atoms with Crippen molar-refractivity contribution in [2.75, 3.05) is 25.1 Å². The molecule has 9 nitrogen and oxygen atoms in total. The third-order valence-electron chi connectivity index (χ3n) is 8.26. The number of benzene rings is 1. The molecule has 5 rings (SSSR count). The number of halogens is 2. The molecule has 0 atom stereocenters. The molecule has 0 aliphatic heterocycles. The molecular weight excluding hydrogens is 582 g/mol. The zero-order valence-electron chi connectivity index (χ0n) is 26.2. The molecule has 3 aromatic heterocycles. The molecule has 4 aromatic rings. The van der Waals surface area contributed by atoms with Gasteiger partial charge in [0, 0.05) is 47.0 Å². The zero-order chi connectivity index (χ0) is 31.5. The van der Waals surface area contributed by atoms with Crippen LogP contribution in [0, 0.1) is 11.6 Å². The van der Waals surface area contributed by atoms with Crippen LogP contribution in [-0.4, -0.2) is 52.9 Å². The Balaban J connectivity index is 1.43. The second-order valence-electron chi connectivity index (χ2n) is 12.3. The van der Waals surface area contributed by atoms with Crippen LogP contribution < -0.4 is 14.8 Å². The number of nitrogens with zero attached hydrogens (tertiary/aromatic N) is 5. The minimum Gasteiger partial charge on any atom is -0.494 e. The van der Waals surface area contributed by atoms with Crippen molar-refractivity contribution < 1.29 is 22.7 Å². The van der Waals surface area contributed by atoms with Gasteiger partial charge in [0.05, 0.1) is 26.0 Å². The van der Waals surface area contributed by atoms with E-state index in [1.54, 1.807) is 30.2 Å². The van der Waals surface area contributed by atoms with E-state index < -0.39 is 20.0 Å². The second-order valence-corrected chi connectivity index (χ2v) is 17.1. The van der Waals surface area contributed by atoms with Crippen LogP contribution in [-0.2, 0) is 23.8 Å². The summed E-state index contributed by atoms with van der Waals surface area (Å²) in [5, 5.41) is 8.19. The van der Waals surface area contributed by atoms with Gasteiger partial charge in [-0.05, 0) is 56.5 Å². The van der Waals surface area contributed by atoms with Crippen molar-refractivity contribution in [3.63, 3.8) is 0 Å². The Bertz CT molecular complexity index is 1580. The molecule has 0 saturated heterocycles. The Morgan fingerprint density at radius 2 is 1.75 bits per heavy atom. The van der Waals surface area contributed by atoms with E-state index in [1.807, 2.05) is 12.1 Å². The van der Waals surface area contributed by atoms with Crippen LogP contribution in [0.15, 0.2) is 42.9 Å². The topological polar surface area (TPSA) is 96.2 Å². The van der Waals surface area contributed by atoms with Crippen LogP contribution in [0.25, 0.3) is 11.5 Å². The summed E-state index contributed by atoms with van der Waals surface area (Å²) in [6, 6.07) is 6.09. The molecule has 0 fully saturated rings. The van der Waals surface area contributed by atoms with Crippen molar-refractivity contribution >= 4 is 19.8 Å². The van der Waals surface area contributed by atoms with Crippen LogP contribution in [0.5, 0.6) is 11.5 Å². The average molecular weight is 623 g/mol. The van der Waals surface area contributed by atoms with E-state index in [4.69, 9.17) is 24.0 Å². The normalized spacial score (nSPS) is 13.2. The van der Waals surface area contributed by atoms with Crippen LogP contribution in [0.1, 0.15) is 50.9 Å². The fourth-order valence-electron chi connectivity index (χ4n) is 4.87. The summed E-state index contributed by atoms with van der Waals surface area (Å²) < 4.78 is 49.2. The van der Waals surface area contributed by atoms with E-state index in [0.717, 1.165) is 36.2 Å². The maximum atomic E-state index is 14.9. The minimum absolute atomic E-state index is 0.0516. The Labute approximate surface area is 258 Å². The molecule has 1 N–H and O–H groups in total. The molecule has 1 aliphatic carbocycles. The van der Waals surface area contributed by atoms with Gasteiger partial charge in [0.25, 0.3) is 0 Å². The first-order chi connectivity index (χ1) is 21.0. The summed E-state index contributed by atoms with van der Waals surface area (Å²) in [4.78, 5) is 13.5. The van der Waals surface area contributed by atoms with Crippen LogP contribution >= 0.6 is 0 Å². The van der Waals surface area contributed by atoms with Gasteiger partial charge in [0.1, 0.15) is 29.7 Å². The van der Waals surface area contributed by atoms with Gasteiger partial charge in [-0.25, -0.2) is 18.7 Å². The van der Waals surface area contributed by atoms with Gasteiger partial charge in [-0.15, -0.1) is 0 Å². The number of aromatic nitrogens is 5. The monoisotopic (exact) mass is 622 g/mol. The van der Waals surface area contributed by atoms with Gasteiger partial charge in [0.15, 0.2) is 25.7 Å². The van der Waals surface area contributed by atoms with Gasteiger partial charge in [-0.1, -0.05) is 20.8 Å². The van der Waals surface area contributed by atoms with Gasteiger partial charge in [-0.2, -0.15) is 5.10 Å². The molecular formula is C32H40F2N6O3Si. The SMILES string of the molecule is CCOc1cc(F)c(Cn2nc(-c3ncc(OCCO[Si](C)(C)C(C)(C)C)c(Nc4ccncc4)n3)c3c2CCC3)c(F)c1. The summed E-state index contributed by atoms with van der Waals surface area (Å²) in [5.41, 5.74) is 3.23. The number of fused-ring (bicyclic) bond motifs is 1. The van der Waals surface area contributed by atoms with Gasteiger partial charge in [-0.3, -0.25) is 9.67 Å². The number of ether oxygens (including phenoxy) is 2. The molecule has 3 heterocycles. The number of rotatable bonds is 12. The summed E-state index contributed by atoms with van der Waals surface area (Å²) in [5.74, 6) is 0.162. The quantitative estimate of drug-likeness (QED) is 0.132. The van der Waals surface area contributed by atoms with Crippen molar-refractivity contribution in [1.29, 1.82) is 0 Å². The van der Waals surface area contributed by atoms with Gasteiger partial charge in [0.2, 0.25) is 0 Å². The van der Waals surface area contributed by atoms with Crippen molar-refractivity contribution in [1.82, 2.24) is 24.7 Å². The minimum atomic E-state index is -1.92. The predicted octanol–water partition coefficient (Wildman–Crippen LogP) is 7.09. The van der Waals surface area contributed by atoms with E-state index in [1.165, 1.54) is 12.1 Å². The highest BCUT2D eigenvalue weighted by molar-refractivity contribution is 6.74. The summed E-state index contributed by atoms with van der Waals surface area (Å²) in [7, 11) is -1.92. The maximum absolute atomic E-state index is 14.9. The molecule has 0 saturated carbocycles. The van der Waals surface area contributed by atoms with Gasteiger partial charge < -0.3 is 19.2 Å². The smallest absolute Gasteiger partial charge is 0.192 e. The van der Waals surface area contributed by atoms with Crippen LogP contribution in [0.2, 0.25) is 18.1 Å². The first kappa shape index (κ1) is 31.5. The molecule has 0 spiro atoms. The third-order valence-corrected chi connectivity index (χ3v) is 12.8. The van der Waals surface area contributed by atoms with Crippen molar-refractivity contribution in [3.8, 4) is 23.0 Å². The van der Waals surface area contributed by atoms with Crippen molar-refractivity contribution in [2.45, 2.75) is 71.6 Å². The molecule has 1 aromatic carbocycles. The fraction of sp³-hybridized carbons (Fsp3) is 0.438. The lowest BCUT2D eigenvalue weighted by Gasteiger charge is -2.36. The van der Waals surface area contributed by atoms with Crippen molar-refractivity contribution in [3.05, 3.63) is 71.3 Å². The molecule has 44 heavy (non-hydrogen) atoms. The molecule has 0 unspecified atom stereocenters. The predicted molar refractivity (Wildman–Crippen MR) is 168 cm³/mol. The lowest BCUT2D eigenvalue weighted by atomic mass is 10.1. The number of pyridine rings is 1. The molecule has 1 aliphatic rings. The Kier molecular flexibility index (Phi) is 9.30. The van der Waals surface area contributed by atoms with E-state index in [0.29, 0.717) is 42.9 Å². The second kappa shape index (κ2) is 13.0. The third kappa shape index (κ3) is 6.91. The maximum Gasteiger partial charge on any atom is 0.192 e. The van der Waals surface area contributed by atoms with E-state index >= 15 is 0 Å². The summed E-state index contributed by atoms with van der Waals surface area (Å²) in [6.45, 7) is 13.8. The number of hydrogen-bond acceptors (Lipinski definition) is 8. The van der Waals surface area contributed by atoms with Gasteiger partial charge >= 0.3 is 0 Å². The van der Waals surface area contributed by atoms with Crippen molar-refractivity contribution in [2.24, 2.45) is 0 Å². The Morgan fingerprint density at radius 1 is 1.02 bits per heavy atom. The van der Waals surface area contributed by atoms with Crippen LogP contribution in [0.3, 0.4) is 0 Å². The molecule has 0 radical (unpaired) electrons. The molecule has 0 bridgehead atoms. The highest BCUT2D eigenvalue weighted by Crippen LogP contribution is 2.37. The van der Waals surface area contributed by atoms with Crippen LogP contribution in [0.4, 0.5) is 20.3 Å².